The van der Waals surface area contributed by atoms with Crippen LogP contribution in [0, 0.1) is 13.8 Å². The predicted molar refractivity (Wildman–Crippen MR) is 68.0 cm³/mol. The number of hydrogen-bond acceptors (Lipinski definition) is 5. The van der Waals surface area contributed by atoms with Crippen molar-refractivity contribution in [1.29, 1.82) is 0 Å². The topological polar surface area (TPSA) is 80.6 Å². The molecule has 0 unspecified atom stereocenters. The van der Waals surface area contributed by atoms with Gasteiger partial charge in [-0.15, -0.1) is 0 Å². The SMILES string of the molecule is CNCc1c(C)oc(C)c1S(=O)(=O)NCCOC. The van der Waals surface area contributed by atoms with Gasteiger partial charge in [0.25, 0.3) is 0 Å². The van der Waals surface area contributed by atoms with Gasteiger partial charge in [0.2, 0.25) is 10.0 Å². The highest BCUT2D eigenvalue weighted by molar-refractivity contribution is 7.89. The monoisotopic (exact) mass is 276 g/mol. The molecule has 0 fully saturated rings. The third-order valence-corrected chi connectivity index (χ3v) is 4.20. The van der Waals surface area contributed by atoms with E-state index in [2.05, 4.69) is 10.0 Å². The van der Waals surface area contributed by atoms with Crippen molar-refractivity contribution in [2.45, 2.75) is 25.3 Å². The lowest BCUT2D eigenvalue weighted by Crippen LogP contribution is -2.28. The van der Waals surface area contributed by atoms with Crippen molar-refractivity contribution < 1.29 is 17.6 Å². The first-order valence-corrected chi connectivity index (χ1v) is 7.14. The summed E-state index contributed by atoms with van der Waals surface area (Å²) in [5.74, 6) is 1.02. The van der Waals surface area contributed by atoms with E-state index in [1.807, 2.05) is 0 Å². The minimum absolute atomic E-state index is 0.227. The third kappa shape index (κ3) is 3.32. The molecule has 0 saturated heterocycles. The first-order chi connectivity index (χ1) is 8.44. The number of nitrogens with one attached hydrogen (secondary N) is 2. The van der Waals surface area contributed by atoms with E-state index >= 15 is 0 Å². The van der Waals surface area contributed by atoms with Gasteiger partial charge in [-0.1, -0.05) is 0 Å². The predicted octanol–water partition coefficient (Wildman–Crippen LogP) is 0.541. The number of hydrogen-bond donors (Lipinski definition) is 2. The molecule has 7 heteroatoms. The maximum absolute atomic E-state index is 12.2. The maximum atomic E-state index is 12.2. The van der Waals surface area contributed by atoms with Crippen LogP contribution in [0.25, 0.3) is 0 Å². The molecule has 1 aromatic heterocycles. The fourth-order valence-corrected chi connectivity index (χ4v) is 3.25. The Hall–Kier alpha value is -0.890. The average molecular weight is 276 g/mol. The number of rotatable bonds is 7. The van der Waals surface area contributed by atoms with Crippen LogP contribution >= 0.6 is 0 Å². The molecule has 0 bridgehead atoms. The molecule has 0 aromatic carbocycles. The fourth-order valence-electron chi connectivity index (χ4n) is 1.79. The van der Waals surface area contributed by atoms with Crippen molar-refractivity contribution >= 4 is 10.0 Å². The van der Waals surface area contributed by atoms with Gasteiger partial charge in [0.05, 0.1) is 6.61 Å². The Morgan fingerprint density at radius 1 is 1.28 bits per heavy atom. The first-order valence-electron chi connectivity index (χ1n) is 5.66. The van der Waals surface area contributed by atoms with Crippen LogP contribution < -0.4 is 10.0 Å². The zero-order chi connectivity index (χ0) is 13.8. The molecule has 1 aromatic rings. The maximum Gasteiger partial charge on any atom is 0.244 e. The van der Waals surface area contributed by atoms with Gasteiger partial charge in [0.1, 0.15) is 16.4 Å². The summed E-state index contributed by atoms with van der Waals surface area (Å²) in [4.78, 5) is 0.227. The second-order valence-corrected chi connectivity index (χ2v) is 5.65. The summed E-state index contributed by atoms with van der Waals surface area (Å²) in [6.07, 6.45) is 0. The van der Waals surface area contributed by atoms with Gasteiger partial charge in [-0.3, -0.25) is 0 Å². The molecule has 0 aliphatic heterocycles. The van der Waals surface area contributed by atoms with Crippen LogP contribution in [0.3, 0.4) is 0 Å². The molecular formula is C11H20N2O4S. The second kappa shape index (κ2) is 6.33. The van der Waals surface area contributed by atoms with E-state index in [0.29, 0.717) is 30.2 Å². The van der Waals surface area contributed by atoms with Crippen LogP contribution in [0.5, 0.6) is 0 Å². The van der Waals surface area contributed by atoms with Crippen molar-refractivity contribution in [3.8, 4) is 0 Å². The van der Waals surface area contributed by atoms with E-state index in [4.69, 9.17) is 9.15 Å². The third-order valence-electron chi connectivity index (χ3n) is 2.55. The minimum Gasteiger partial charge on any atom is -0.465 e. The van der Waals surface area contributed by atoms with Gasteiger partial charge in [0.15, 0.2) is 0 Å². The highest BCUT2D eigenvalue weighted by atomic mass is 32.2. The summed E-state index contributed by atoms with van der Waals surface area (Å²) in [6.45, 7) is 4.42. The summed E-state index contributed by atoms with van der Waals surface area (Å²) in [5.41, 5.74) is 0.667. The molecule has 0 saturated carbocycles. The zero-order valence-corrected chi connectivity index (χ0v) is 12.0. The number of sulfonamides is 1. The first kappa shape index (κ1) is 15.2. The van der Waals surface area contributed by atoms with Crippen molar-refractivity contribution in [1.82, 2.24) is 10.0 Å². The van der Waals surface area contributed by atoms with Gasteiger partial charge in [0, 0.05) is 25.8 Å². The highest BCUT2D eigenvalue weighted by Gasteiger charge is 2.25. The number of furan rings is 1. The average Bonchev–Trinajstić information content (AvgIpc) is 2.55. The van der Waals surface area contributed by atoms with Gasteiger partial charge in [-0.25, -0.2) is 13.1 Å². The van der Waals surface area contributed by atoms with Crippen LogP contribution in [0.1, 0.15) is 17.1 Å². The van der Waals surface area contributed by atoms with Crippen molar-refractivity contribution in [3.05, 3.63) is 17.1 Å². The Kier molecular flexibility index (Phi) is 5.33. The van der Waals surface area contributed by atoms with Crippen molar-refractivity contribution in [2.75, 3.05) is 27.3 Å². The van der Waals surface area contributed by atoms with Gasteiger partial charge < -0.3 is 14.5 Å². The lowest BCUT2D eigenvalue weighted by atomic mass is 10.2. The molecule has 0 spiro atoms. The van der Waals surface area contributed by atoms with Crippen LogP contribution in [0.4, 0.5) is 0 Å². The Labute approximate surface area is 108 Å². The Morgan fingerprint density at radius 3 is 2.50 bits per heavy atom. The van der Waals surface area contributed by atoms with E-state index < -0.39 is 10.0 Å². The summed E-state index contributed by atoms with van der Waals surface area (Å²) < 4.78 is 37.1. The molecule has 18 heavy (non-hydrogen) atoms. The van der Waals surface area contributed by atoms with E-state index in [0.717, 1.165) is 0 Å². The Balaban J connectivity index is 3.07. The lowest BCUT2D eigenvalue weighted by Gasteiger charge is -2.08. The van der Waals surface area contributed by atoms with Gasteiger partial charge in [-0.05, 0) is 20.9 Å². The summed E-state index contributed by atoms with van der Waals surface area (Å²) >= 11 is 0. The number of methoxy groups -OCH3 is 1. The lowest BCUT2D eigenvalue weighted by molar-refractivity contribution is 0.204. The molecule has 0 aliphatic rings. The molecule has 1 heterocycles. The van der Waals surface area contributed by atoms with E-state index in [1.54, 1.807) is 20.9 Å². The summed E-state index contributed by atoms with van der Waals surface area (Å²) in [6, 6.07) is 0. The van der Waals surface area contributed by atoms with Crippen LogP contribution in [-0.4, -0.2) is 35.7 Å². The standard InChI is InChI=1S/C11H20N2O4S/c1-8-10(7-12-3)11(9(2)17-8)18(14,15)13-5-6-16-4/h12-13H,5-7H2,1-4H3. The highest BCUT2D eigenvalue weighted by Crippen LogP contribution is 2.26. The molecule has 2 N–H and O–H groups in total. The van der Waals surface area contributed by atoms with Crippen molar-refractivity contribution in [3.63, 3.8) is 0 Å². The summed E-state index contributed by atoms with van der Waals surface area (Å²) in [5, 5.41) is 2.94. The molecule has 0 radical (unpaired) electrons. The smallest absolute Gasteiger partial charge is 0.244 e. The fraction of sp³-hybridized carbons (Fsp3) is 0.636. The molecule has 104 valence electrons. The normalized spacial score (nSPS) is 12.0. The molecule has 0 aliphatic carbocycles. The van der Waals surface area contributed by atoms with Crippen molar-refractivity contribution in [2.24, 2.45) is 0 Å². The van der Waals surface area contributed by atoms with Crippen LogP contribution in [0.15, 0.2) is 9.31 Å². The summed E-state index contributed by atoms with van der Waals surface area (Å²) in [7, 11) is -0.277. The number of ether oxygens (including phenoxy) is 1. The van der Waals surface area contributed by atoms with E-state index in [1.165, 1.54) is 7.11 Å². The number of aryl methyl sites for hydroxylation is 2. The second-order valence-electron chi connectivity index (χ2n) is 3.94. The molecular weight excluding hydrogens is 256 g/mol. The minimum atomic E-state index is -3.56. The molecule has 0 atom stereocenters. The van der Waals surface area contributed by atoms with E-state index in [9.17, 15) is 8.42 Å². The van der Waals surface area contributed by atoms with Crippen LogP contribution in [-0.2, 0) is 21.3 Å². The largest absolute Gasteiger partial charge is 0.465 e. The molecule has 0 amide bonds. The van der Waals surface area contributed by atoms with Crippen LogP contribution in [0.2, 0.25) is 0 Å². The Morgan fingerprint density at radius 2 is 1.94 bits per heavy atom. The molecule has 1 rings (SSSR count). The zero-order valence-electron chi connectivity index (χ0n) is 11.2. The Bertz CT molecular complexity index is 493. The molecule has 6 nitrogen and oxygen atoms in total. The van der Waals surface area contributed by atoms with E-state index in [-0.39, 0.29) is 11.4 Å². The van der Waals surface area contributed by atoms with Gasteiger partial charge >= 0.3 is 0 Å². The quantitative estimate of drug-likeness (QED) is 0.711. The van der Waals surface area contributed by atoms with Gasteiger partial charge in [-0.2, -0.15) is 0 Å².